The van der Waals surface area contributed by atoms with Gasteiger partial charge in [0.2, 0.25) is 0 Å². The van der Waals surface area contributed by atoms with Crippen LogP contribution in [0.15, 0.2) is 65.7 Å². The van der Waals surface area contributed by atoms with Crippen LogP contribution in [-0.2, 0) is 35.3 Å². The molecule has 1 N–H and O–H groups in total. The second-order valence-corrected chi connectivity index (χ2v) is 11.6. The summed E-state index contributed by atoms with van der Waals surface area (Å²) < 4.78 is 34.9. The Hall–Kier alpha value is -3.63. The zero-order valence-electron chi connectivity index (χ0n) is 21.3. The summed E-state index contributed by atoms with van der Waals surface area (Å²) in [7, 11) is -0.911. The van der Waals surface area contributed by atoms with Gasteiger partial charge in [0.15, 0.2) is 0 Å². The number of nitrogens with one attached hydrogen (secondary N) is 1. The molecule has 0 saturated carbocycles. The van der Waals surface area contributed by atoms with Crippen LogP contribution in [0.3, 0.4) is 0 Å². The number of carbonyl (C=O) groups is 1. The molecule has 2 aromatic heterocycles. The first-order valence-corrected chi connectivity index (χ1v) is 14.0. The molecule has 1 atom stereocenters. The summed E-state index contributed by atoms with van der Waals surface area (Å²) in [5.41, 5.74) is 2.81. The lowest BCUT2D eigenvalue weighted by atomic mass is 9.69. The Morgan fingerprint density at radius 2 is 1.87 bits per heavy atom. The fourth-order valence-electron chi connectivity index (χ4n) is 5.27. The first-order chi connectivity index (χ1) is 18.2. The fourth-order valence-corrected chi connectivity index (χ4v) is 7.34. The Kier molecular flexibility index (Phi) is 6.79. The number of aromatic nitrogens is 4. The largest absolute Gasteiger partial charge is 0.496 e. The van der Waals surface area contributed by atoms with E-state index < -0.39 is 15.4 Å². The van der Waals surface area contributed by atoms with Crippen LogP contribution in [0.4, 0.5) is 0 Å². The van der Waals surface area contributed by atoms with Crippen molar-refractivity contribution in [1.82, 2.24) is 24.3 Å². The summed E-state index contributed by atoms with van der Waals surface area (Å²) in [5, 5.41) is 11.6. The van der Waals surface area contributed by atoms with Crippen LogP contribution in [-0.4, -0.2) is 46.9 Å². The molecule has 1 unspecified atom stereocenters. The van der Waals surface area contributed by atoms with Crippen LogP contribution in [0.2, 0.25) is 5.15 Å². The third-order valence-electron chi connectivity index (χ3n) is 7.20. The van der Waals surface area contributed by atoms with E-state index in [0.29, 0.717) is 48.5 Å². The molecule has 2 heterocycles. The normalized spacial score (nSPS) is 17.2. The van der Waals surface area contributed by atoms with E-state index >= 15 is 0 Å². The van der Waals surface area contributed by atoms with E-state index in [1.807, 2.05) is 36.4 Å². The van der Waals surface area contributed by atoms with Crippen molar-refractivity contribution in [1.29, 1.82) is 0 Å². The molecule has 1 aliphatic rings. The topological polar surface area (TPSA) is 108 Å². The molecular weight excluding hydrogens is 526 g/mol. The summed E-state index contributed by atoms with van der Waals surface area (Å²) in [6.45, 7) is 1.97. The van der Waals surface area contributed by atoms with E-state index in [9.17, 15) is 13.2 Å². The zero-order chi connectivity index (χ0) is 27.1. The van der Waals surface area contributed by atoms with E-state index in [2.05, 4.69) is 15.5 Å². The predicted molar refractivity (Wildman–Crippen MR) is 143 cm³/mol. The highest BCUT2D eigenvalue weighted by Gasteiger charge is 2.40. The van der Waals surface area contributed by atoms with Crippen LogP contribution in [0, 0.1) is 6.92 Å². The number of halogens is 1. The Morgan fingerprint density at radius 1 is 1.16 bits per heavy atom. The van der Waals surface area contributed by atoms with Crippen molar-refractivity contribution in [3.63, 3.8) is 0 Å². The summed E-state index contributed by atoms with van der Waals surface area (Å²) in [6.07, 6.45) is 3.17. The van der Waals surface area contributed by atoms with Crippen molar-refractivity contribution in [2.24, 2.45) is 7.05 Å². The van der Waals surface area contributed by atoms with Crippen LogP contribution < -0.4 is 10.1 Å². The molecule has 38 heavy (non-hydrogen) atoms. The Labute approximate surface area is 226 Å². The second kappa shape index (κ2) is 9.92. The number of carbonyl (C=O) groups excluding carboxylic acids is 1. The van der Waals surface area contributed by atoms with Crippen LogP contribution in [0.25, 0.3) is 0 Å². The third-order valence-corrected chi connectivity index (χ3v) is 9.52. The number of ether oxygens (including phenoxy) is 1. The summed E-state index contributed by atoms with van der Waals surface area (Å²) >= 11 is 6.30. The van der Waals surface area contributed by atoms with E-state index in [1.165, 1.54) is 11.8 Å². The minimum absolute atomic E-state index is 0.0419. The molecule has 1 amide bonds. The maximum atomic E-state index is 13.6. The van der Waals surface area contributed by atoms with Crippen molar-refractivity contribution in [2.45, 2.75) is 36.5 Å². The number of nitrogens with zero attached hydrogens (tertiary/aromatic N) is 4. The van der Waals surface area contributed by atoms with Gasteiger partial charge < -0.3 is 10.1 Å². The van der Waals surface area contributed by atoms with Gasteiger partial charge in [-0.05, 0) is 49.4 Å². The molecule has 0 bridgehead atoms. The van der Waals surface area contributed by atoms with Gasteiger partial charge in [0.05, 0.1) is 30.3 Å². The Morgan fingerprint density at radius 3 is 2.55 bits per heavy atom. The summed E-state index contributed by atoms with van der Waals surface area (Å²) in [6, 6.07) is 17.1. The molecule has 5 rings (SSSR count). The number of fused-ring (bicyclic) bond motifs is 1. The molecule has 0 radical (unpaired) electrons. The number of hydrogen-bond acceptors (Lipinski definition) is 6. The lowest BCUT2D eigenvalue weighted by Gasteiger charge is -2.38. The van der Waals surface area contributed by atoms with E-state index in [1.54, 1.807) is 38.4 Å². The first kappa shape index (κ1) is 26.0. The van der Waals surface area contributed by atoms with E-state index in [0.717, 1.165) is 15.2 Å². The highest BCUT2D eigenvalue weighted by atomic mass is 35.5. The van der Waals surface area contributed by atoms with Crippen LogP contribution in [0.5, 0.6) is 5.75 Å². The van der Waals surface area contributed by atoms with Gasteiger partial charge in [-0.3, -0.25) is 9.48 Å². The molecule has 0 aliphatic heterocycles. The van der Waals surface area contributed by atoms with Crippen molar-refractivity contribution in [2.75, 3.05) is 13.7 Å². The highest BCUT2D eigenvalue weighted by Crippen LogP contribution is 2.39. The number of hydrogen-bond donors (Lipinski definition) is 1. The van der Waals surface area contributed by atoms with Gasteiger partial charge in [-0.2, -0.15) is 22.7 Å². The second-order valence-electron chi connectivity index (χ2n) is 9.50. The quantitative estimate of drug-likeness (QED) is 0.374. The summed E-state index contributed by atoms with van der Waals surface area (Å²) in [5.74, 6) is 0.268. The molecular formula is C27H28ClN5O4S. The molecule has 9 nitrogen and oxygen atoms in total. The van der Waals surface area contributed by atoms with Gasteiger partial charge in [-0.1, -0.05) is 54.1 Å². The van der Waals surface area contributed by atoms with Gasteiger partial charge in [-0.15, -0.1) is 0 Å². The highest BCUT2D eigenvalue weighted by molar-refractivity contribution is 7.90. The maximum Gasteiger partial charge on any atom is 0.288 e. The van der Waals surface area contributed by atoms with Gasteiger partial charge in [0, 0.05) is 19.0 Å². The van der Waals surface area contributed by atoms with E-state index in [4.69, 9.17) is 16.3 Å². The van der Waals surface area contributed by atoms with Crippen LogP contribution >= 0.6 is 11.6 Å². The first-order valence-electron chi connectivity index (χ1n) is 12.1. The van der Waals surface area contributed by atoms with Crippen molar-refractivity contribution >= 4 is 27.5 Å². The minimum atomic E-state index is -4.04. The molecule has 1 aliphatic carbocycles. The average molecular weight is 554 g/mol. The Balaban J connectivity index is 1.49. The average Bonchev–Trinajstić information content (AvgIpc) is 3.47. The van der Waals surface area contributed by atoms with Gasteiger partial charge in [-0.25, -0.2) is 0 Å². The Bertz CT molecular complexity index is 1610. The lowest BCUT2D eigenvalue weighted by Crippen LogP contribution is -2.45. The van der Waals surface area contributed by atoms with Crippen molar-refractivity contribution in [3.8, 4) is 5.75 Å². The molecule has 4 aromatic rings. The SMILES string of the molecule is COc1ccccc1C(=O)NCC1(c2ccccc2)CCc2c(cnn2S(=O)(=O)c2c(C)nn(C)c2Cl)C1. The standard InChI is InChI=1S/C27H28ClN5O4S/c1-18-24(25(28)32(2)31-18)38(35,36)33-22-13-14-27(15-19(22)16-30-33,20-9-5-4-6-10-20)17-29-26(34)21-11-7-8-12-23(21)37-3/h4-12,16H,13-15,17H2,1-3H3,(H,29,34). The number of rotatable bonds is 7. The maximum absolute atomic E-state index is 13.6. The van der Waals surface area contributed by atoms with Crippen molar-refractivity contribution < 1.29 is 17.9 Å². The predicted octanol–water partition coefficient (Wildman–Crippen LogP) is 3.68. The van der Waals surface area contributed by atoms with Crippen LogP contribution in [0.1, 0.15) is 39.3 Å². The van der Waals surface area contributed by atoms with E-state index in [-0.39, 0.29) is 16.0 Å². The van der Waals surface area contributed by atoms with Crippen molar-refractivity contribution in [3.05, 3.63) is 94.0 Å². The molecule has 198 valence electrons. The zero-order valence-corrected chi connectivity index (χ0v) is 22.9. The van der Waals surface area contributed by atoms with Gasteiger partial charge in [0.1, 0.15) is 15.8 Å². The smallest absolute Gasteiger partial charge is 0.288 e. The minimum Gasteiger partial charge on any atom is -0.496 e. The molecule has 2 aromatic carbocycles. The third kappa shape index (κ3) is 4.37. The molecule has 0 spiro atoms. The van der Waals surface area contributed by atoms with Gasteiger partial charge >= 0.3 is 0 Å². The lowest BCUT2D eigenvalue weighted by molar-refractivity contribution is 0.0937. The van der Waals surface area contributed by atoms with Gasteiger partial charge in [0.25, 0.3) is 15.9 Å². The monoisotopic (exact) mass is 553 g/mol. The number of benzene rings is 2. The molecule has 0 fully saturated rings. The molecule has 0 saturated heterocycles. The number of methoxy groups -OCH3 is 1. The number of aryl methyl sites for hydroxylation is 2. The number of amides is 1. The number of para-hydroxylation sites is 1. The fraction of sp³-hybridized carbons (Fsp3) is 0.296. The summed E-state index contributed by atoms with van der Waals surface area (Å²) in [4.78, 5) is 13.1. The molecule has 11 heteroatoms.